The summed E-state index contributed by atoms with van der Waals surface area (Å²) in [6, 6.07) is 2.47. The maximum absolute atomic E-state index is 6.31. The second-order valence-corrected chi connectivity index (χ2v) is 10.1. The monoisotopic (exact) mass is 182 g/mol. The number of rotatable bonds is 1. The SMILES string of the molecule is CC(Cl)[Si]1(Cl)CCCC1. The van der Waals surface area contributed by atoms with Gasteiger partial charge in [0.2, 0.25) is 0 Å². The van der Waals surface area contributed by atoms with E-state index in [2.05, 4.69) is 0 Å². The molecule has 1 aliphatic heterocycles. The van der Waals surface area contributed by atoms with Crippen LogP contribution in [-0.4, -0.2) is 12.4 Å². The van der Waals surface area contributed by atoms with Crippen LogP contribution >= 0.6 is 22.7 Å². The van der Waals surface area contributed by atoms with Gasteiger partial charge in [-0.2, -0.15) is 11.1 Å². The average molecular weight is 183 g/mol. The van der Waals surface area contributed by atoms with E-state index in [4.69, 9.17) is 22.7 Å². The Hall–Kier alpha value is 0.797. The Morgan fingerprint density at radius 3 is 2.00 bits per heavy atom. The third kappa shape index (κ3) is 1.63. The summed E-state index contributed by atoms with van der Waals surface area (Å²) in [7, 11) is -1.43. The first kappa shape index (κ1) is 7.90. The van der Waals surface area contributed by atoms with Gasteiger partial charge in [-0.05, 0) is 12.1 Å². The predicted molar refractivity (Wildman–Crippen MR) is 45.8 cm³/mol. The van der Waals surface area contributed by atoms with Crippen molar-refractivity contribution >= 4 is 30.1 Å². The van der Waals surface area contributed by atoms with Gasteiger partial charge in [0, 0.05) is 5.00 Å². The molecule has 1 saturated heterocycles. The fourth-order valence-electron chi connectivity index (χ4n) is 1.36. The Kier molecular flexibility index (Phi) is 2.47. The van der Waals surface area contributed by atoms with Crippen molar-refractivity contribution in [3.8, 4) is 0 Å². The molecule has 54 valence electrons. The normalized spacial score (nSPS) is 28.3. The summed E-state index contributed by atoms with van der Waals surface area (Å²) in [4.78, 5) is 0. The number of hydrogen-bond acceptors (Lipinski definition) is 0. The number of halogens is 2. The van der Waals surface area contributed by atoms with Crippen LogP contribution in [0, 0.1) is 0 Å². The minimum atomic E-state index is -1.43. The molecule has 1 heterocycles. The number of hydrogen-bond donors (Lipinski definition) is 0. The fourth-order valence-corrected chi connectivity index (χ4v) is 5.54. The van der Waals surface area contributed by atoms with Gasteiger partial charge in [0.1, 0.15) is 0 Å². The van der Waals surface area contributed by atoms with E-state index < -0.39 is 7.38 Å². The fraction of sp³-hybridized carbons (Fsp3) is 1.00. The molecule has 0 radical (unpaired) electrons. The second kappa shape index (κ2) is 2.81. The first-order chi connectivity index (χ1) is 4.15. The maximum Gasteiger partial charge on any atom is 0.173 e. The zero-order valence-electron chi connectivity index (χ0n) is 5.66. The largest absolute Gasteiger partial charge is 0.173 e. The summed E-state index contributed by atoms with van der Waals surface area (Å²) < 4.78 is 0. The van der Waals surface area contributed by atoms with E-state index in [9.17, 15) is 0 Å². The first-order valence-electron chi connectivity index (χ1n) is 3.48. The van der Waals surface area contributed by atoms with Crippen LogP contribution in [0.5, 0.6) is 0 Å². The highest BCUT2D eigenvalue weighted by molar-refractivity contribution is 7.23. The molecule has 0 N–H and O–H groups in total. The smallest absolute Gasteiger partial charge is 0.165 e. The van der Waals surface area contributed by atoms with Crippen LogP contribution in [-0.2, 0) is 0 Å². The third-order valence-electron chi connectivity index (χ3n) is 2.15. The number of alkyl halides is 1. The molecule has 0 aromatic heterocycles. The highest BCUT2D eigenvalue weighted by atomic mass is 35.6. The van der Waals surface area contributed by atoms with Crippen molar-refractivity contribution in [3.63, 3.8) is 0 Å². The summed E-state index contributed by atoms with van der Waals surface area (Å²) in [5, 5.41) is 0.265. The minimum Gasteiger partial charge on any atom is -0.165 e. The van der Waals surface area contributed by atoms with Crippen LogP contribution in [0.3, 0.4) is 0 Å². The molecular formula is C6H12Cl2Si. The van der Waals surface area contributed by atoms with Crippen LogP contribution in [0.2, 0.25) is 12.1 Å². The van der Waals surface area contributed by atoms with Crippen molar-refractivity contribution in [2.75, 3.05) is 0 Å². The van der Waals surface area contributed by atoms with Gasteiger partial charge < -0.3 is 0 Å². The van der Waals surface area contributed by atoms with Crippen molar-refractivity contribution in [3.05, 3.63) is 0 Å². The van der Waals surface area contributed by atoms with E-state index in [-0.39, 0.29) is 5.00 Å². The maximum atomic E-state index is 6.31. The summed E-state index contributed by atoms with van der Waals surface area (Å²) >= 11 is 12.3. The molecule has 0 saturated carbocycles. The Balaban J connectivity index is 2.51. The van der Waals surface area contributed by atoms with Crippen LogP contribution in [0.4, 0.5) is 0 Å². The second-order valence-electron chi connectivity index (χ2n) is 2.86. The molecule has 1 aliphatic rings. The lowest BCUT2D eigenvalue weighted by molar-refractivity contribution is 0.935. The molecule has 0 aliphatic carbocycles. The minimum absolute atomic E-state index is 0.265. The lowest BCUT2D eigenvalue weighted by Crippen LogP contribution is -2.32. The van der Waals surface area contributed by atoms with Crippen LogP contribution in [0.15, 0.2) is 0 Å². The lowest BCUT2D eigenvalue weighted by Gasteiger charge is -2.19. The summed E-state index contributed by atoms with van der Waals surface area (Å²) in [5.74, 6) is 0. The summed E-state index contributed by atoms with van der Waals surface area (Å²) in [6.07, 6.45) is 2.62. The Labute approximate surface area is 67.3 Å². The van der Waals surface area contributed by atoms with Crippen LogP contribution < -0.4 is 0 Å². The van der Waals surface area contributed by atoms with Gasteiger partial charge in [-0.1, -0.05) is 19.8 Å². The zero-order chi connectivity index (χ0) is 6.91. The Bertz CT molecular complexity index is 97.2. The van der Waals surface area contributed by atoms with Gasteiger partial charge in [0.15, 0.2) is 7.38 Å². The molecule has 1 rings (SSSR count). The molecule has 0 spiro atoms. The van der Waals surface area contributed by atoms with Crippen molar-refractivity contribution in [1.82, 2.24) is 0 Å². The molecule has 0 amide bonds. The van der Waals surface area contributed by atoms with Gasteiger partial charge in [-0.15, -0.1) is 11.6 Å². The van der Waals surface area contributed by atoms with E-state index in [1.54, 1.807) is 0 Å². The Morgan fingerprint density at radius 2 is 1.78 bits per heavy atom. The van der Waals surface area contributed by atoms with E-state index in [1.165, 1.54) is 24.9 Å². The predicted octanol–water partition coefficient (Wildman–Crippen LogP) is 3.13. The van der Waals surface area contributed by atoms with Crippen molar-refractivity contribution in [2.45, 2.75) is 36.9 Å². The van der Waals surface area contributed by atoms with Gasteiger partial charge in [0.05, 0.1) is 0 Å². The van der Waals surface area contributed by atoms with Gasteiger partial charge in [-0.3, -0.25) is 0 Å². The molecule has 0 aromatic rings. The van der Waals surface area contributed by atoms with Crippen molar-refractivity contribution in [2.24, 2.45) is 0 Å². The third-order valence-corrected chi connectivity index (χ3v) is 9.65. The topological polar surface area (TPSA) is 0 Å². The van der Waals surface area contributed by atoms with E-state index in [0.717, 1.165) is 0 Å². The van der Waals surface area contributed by atoms with Crippen molar-refractivity contribution in [1.29, 1.82) is 0 Å². The van der Waals surface area contributed by atoms with Gasteiger partial charge in [-0.25, -0.2) is 0 Å². The molecule has 1 unspecified atom stereocenters. The molecule has 0 aromatic carbocycles. The Morgan fingerprint density at radius 1 is 1.33 bits per heavy atom. The van der Waals surface area contributed by atoms with E-state index >= 15 is 0 Å². The highest BCUT2D eigenvalue weighted by Crippen LogP contribution is 2.37. The molecular weight excluding hydrogens is 171 g/mol. The first-order valence-corrected chi connectivity index (χ1v) is 7.42. The van der Waals surface area contributed by atoms with Crippen LogP contribution in [0.25, 0.3) is 0 Å². The van der Waals surface area contributed by atoms with Crippen molar-refractivity contribution < 1.29 is 0 Å². The molecule has 1 fully saturated rings. The van der Waals surface area contributed by atoms with Crippen LogP contribution in [0.1, 0.15) is 19.8 Å². The van der Waals surface area contributed by atoms with Gasteiger partial charge >= 0.3 is 0 Å². The summed E-state index contributed by atoms with van der Waals surface area (Å²) in [6.45, 7) is 2.05. The quantitative estimate of drug-likeness (QED) is 0.333. The molecule has 0 bridgehead atoms. The molecule has 1 atom stereocenters. The summed E-state index contributed by atoms with van der Waals surface area (Å²) in [5.41, 5.74) is 0. The molecule has 3 heteroatoms. The van der Waals surface area contributed by atoms with E-state index in [1.807, 2.05) is 6.92 Å². The average Bonchev–Trinajstić information content (AvgIpc) is 2.16. The van der Waals surface area contributed by atoms with Gasteiger partial charge in [0.25, 0.3) is 0 Å². The lowest BCUT2D eigenvalue weighted by atomic mass is 10.4. The van der Waals surface area contributed by atoms with E-state index in [0.29, 0.717) is 0 Å². The standard InChI is InChI=1S/C6H12Cl2Si/c1-6(7)9(8)4-2-3-5-9/h6H,2-5H2,1H3. The molecule has 9 heavy (non-hydrogen) atoms. The molecule has 0 nitrogen and oxygen atoms in total. The zero-order valence-corrected chi connectivity index (χ0v) is 8.17. The highest BCUT2D eigenvalue weighted by Gasteiger charge is 2.38.